The third-order valence-electron chi connectivity index (χ3n) is 4.31. The summed E-state index contributed by atoms with van der Waals surface area (Å²) in [5.74, 6) is 8.47. The van der Waals surface area contributed by atoms with Crippen LogP contribution in [0, 0.1) is 17.8 Å². The molecule has 3 nitrogen and oxygen atoms in total. The number of nitrogens with two attached hydrogens (primary N) is 1. The lowest BCUT2D eigenvalue weighted by atomic mass is 10.0. The topological polar surface area (TPSA) is 50.9 Å². The molecule has 3 N–H and O–H groups in total. The zero-order chi connectivity index (χ0) is 11.0. The number of thiazole rings is 1. The van der Waals surface area contributed by atoms with Gasteiger partial charge in [0.1, 0.15) is 0 Å². The maximum atomic E-state index is 5.72. The fourth-order valence-corrected chi connectivity index (χ4v) is 4.16. The predicted octanol–water partition coefficient (Wildman–Crippen LogP) is 1.95. The fraction of sp³-hybridized carbons (Fsp3) is 0.750. The fourth-order valence-electron chi connectivity index (χ4n) is 3.51. The molecule has 0 amide bonds. The quantitative estimate of drug-likeness (QED) is 0.621. The third-order valence-corrected chi connectivity index (χ3v) is 5.11. The minimum Gasteiger partial charge on any atom is -0.271 e. The zero-order valence-electron chi connectivity index (χ0n) is 9.43. The monoisotopic (exact) mass is 237 g/mol. The van der Waals surface area contributed by atoms with Gasteiger partial charge in [-0.05, 0) is 30.6 Å². The van der Waals surface area contributed by atoms with Gasteiger partial charge in [-0.15, -0.1) is 11.3 Å². The van der Waals surface area contributed by atoms with E-state index in [1.165, 1.54) is 30.6 Å². The molecular weight excluding hydrogens is 218 g/mol. The largest absolute Gasteiger partial charge is 0.271 e. The van der Waals surface area contributed by atoms with Crippen LogP contribution in [0.5, 0.6) is 0 Å². The molecule has 0 aromatic carbocycles. The van der Waals surface area contributed by atoms with Crippen LogP contribution in [0.15, 0.2) is 11.7 Å². The Morgan fingerprint density at radius 1 is 1.44 bits per heavy atom. The van der Waals surface area contributed by atoms with Crippen LogP contribution in [0.1, 0.15) is 30.6 Å². The van der Waals surface area contributed by atoms with E-state index in [4.69, 9.17) is 5.84 Å². The van der Waals surface area contributed by atoms with Gasteiger partial charge in [-0.2, -0.15) is 0 Å². The van der Waals surface area contributed by atoms with Gasteiger partial charge < -0.3 is 0 Å². The molecule has 1 aromatic rings. The van der Waals surface area contributed by atoms with E-state index in [1.54, 1.807) is 11.3 Å². The molecular formula is C12H19N3S. The lowest BCUT2D eigenvalue weighted by Crippen LogP contribution is -2.39. The molecule has 0 saturated heterocycles. The molecule has 0 radical (unpaired) electrons. The van der Waals surface area contributed by atoms with Crippen molar-refractivity contribution in [2.45, 2.75) is 38.1 Å². The van der Waals surface area contributed by atoms with Gasteiger partial charge in [0.2, 0.25) is 0 Å². The summed E-state index contributed by atoms with van der Waals surface area (Å²) in [6.07, 6.45) is 8.73. The maximum absolute atomic E-state index is 5.72. The Bertz CT molecular complexity index is 326. The molecule has 2 fully saturated rings. The van der Waals surface area contributed by atoms with Crippen LogP contribution in [0.2, 0.25) is 0 Å². The Morgan fingerprint density at radius 3 is 2.75 bits per heavy atom. The minimum absolute atomic E-state index is 0.466. The van der Waals surface area contributed by atoms with E-state index < -0.39 is 0 Å². The summed E-state index contributed by atoms with van der Waals surface area (Å²) in [5, 5.41) is 0. The van der Waals surface area contributed by atoms with Crippen LogP contribution >= 0.6 is 11.3 Å². The number of nitrogens with zero attached hydrogens (tertiary/aromatic N) is 1. The maximum Gasteiger partial charge on any atom is 0.0794 e. The van der Waals surface area contributed by atoms with Gasteiger partial charge in [0, 0.05) is 23.5 Å². The number of aromatic nitrogens is 1. The zero-order valence-corrected chi connectivity index (χ0v) is 10.2. The van der Waals surface area contributed by atoms with E-state index >= 15 is 0 Å². The van der Waals surface area contributed by atoms with E-state index in [-0.39, 0.29) is 0 Å². The van der Waals surface area contributed by atoms with Crippen molar-refractivity contribution >= 4 is 11.3 Å². The molecule has 16 heavy (non-hydrogen) atoms. The summed E-state index contributed by atoms with van der Waals surface area (Å²) < 4.78 is 0. The van der Waals surface area contributed by atoms with Crippen molar-refractivity contribution in [3.8, 4) is 0 Å². The van der Waals surface area contributed by atoms with Gasteiger partial charge in [0.25, 0.3) is 0 Å². The molecule has 4 heteroatoms. The smallest absolute Gasteiger partial charge is 0.0794 e. The Hall–Kier alpha value is -0.450. The molecule has 88 valence electrons. The first kappa shape index (κ1) is 10.7. The summed E-state index contributed by atoms with van der Waals surface area (Å²) in [7, 11) is 0. The SMILES string of the molecule is NNC(Cc1cncs1)C1C2CCCCC21. The first-order valence-corrected chi connectivity index (χ1v) is 7.11. The van der Waals surface area contributed by atoms with Crippen molar-refractivity contribution in [3.63, 3.8) is 0 Å². The molecule has 2 aliphatic carbocycles. The van der Waals surface area contributed by atoms with Crippen LogP contribution in [0.4, 0.5) is 0 Å². The number of hydrogen-bond donors (Lipinski definition) is 2. The van der Waals surface area contributed by atoms with Crippen LogP contribution in [0.3, 0.4) is 0 Å². The third kappa shape index (κ3) is 1.90. The average Bonchev–Trinajstić information content (AvgIpc) is 2.81. The van der Waals surface area contributed by atoms with Crippen LogP contribution < -0.4 is 11.3 Å². The standard InChI is InChI=1S/C12H19N3S/c13-15-11(5-8-6-14-7-16-8)12-9-3-1-2-4-10(9)12/h6-7,9-12,15H,1-5,13H2. The summed E-state index contributed by atoms with van der Waals surface area (Å²) in [6.45, 7) is 0. The molecule has 1 aromatic heterocycles. The van der Waals surface area contributed by atoms with Crippen molar-refractivity contribution in [2.75, 3.05) is 0 Å². The highest BCUT2D eigenvalue weighted by Gasteiger charge is 2.53. The van der Waals surface area contributed by atoms with E-state index in [2.05, 4.69) is 10.4 Å². The highest BCUT2D eigenvalue weighted by molar-refractivity contribution is 7.09. The number of nitrogens with one attached hydrogen (secondary N) is 1. The van der Waals surface area contributed by atoms with Gasteiger partial charge >= 0.3 is 0 Å². The molecule has 2 saturated carbocycles. The molecule has 1 heterocycles. The second-order valence-corrected chi connectivity index (χ2v) is 6.11. The first-order chi connectivity index (χ1) is 7.90. The number of hydrogen-bond acceptors (Lipinski definition) is 4. The predicted molar refractivity (Wildman–Crippen MR) is 65.9 cm³/mol. The molecule has 0 bridgehead atoms. The summed E-state index contributed by atoms with van der Waals surface area (Å²) in [4.78, 5) is 5.48. The van der Waals surface area contributed by atoms with Crippen molar-refractivity contribution in [2.24, 2.45) is 23.6 Å². The second-order valence-electron chi connectivity index (χ2n) is 5.13. The molecule has 3 atom stereocenters. The van der Waals surface area contributed by atoms with E-state index in [0.717, 1.165) is 24.2 Å². The summed E-state index contributed by atoms with van der Waals surface area (Å²) >= 11 is 1.74. The van der Waals surface area contributed by atoms with Crippen molar-refractivity contribution in [1.82, 2.24) is 10.4 Å². The molecule has 0 spiro atoms. The Labute approximate surface area is 100 Å². The van der Waals surface area contributed by atoms with Crippen molar-refractivity contribution in [3.05, 3.63) is 16.6 Å². The lowest BCUT2D eigenvalue weighted by molar-refractivity contribution is 0.439. The molecule has 2 aliphatic rings. The first-order valence-electron chi connectivity index (χ1n) is 6.23. The van der Waals surface area contributed by atoms with Gasteiger partial charge in [-0.1, -0.05) is 12.8 Å². The van der Waals surface area contributed by atoms with E-state index in [1.807, 2.05) is 11.7 Å². The van der Waals surface area contributed by atoms with Crippen LogP contribution in [0.25, 0.3) is 0 Å². The number of rotatable bonds is 4. The normalized spacial score (nSPS) is 34.4. The van der Waals surface area contributed by atoms with E-state index in [0.29, 0.717) is 6.04 Å². The highest BCUT2D eigenvalue weighted by atomic mass is 32.1. The highest BCUT2D eigenvalue weighted by Crippen LogP contribution is 2.57. The second kappa shape index (κ2) is 4.43. The average molecular weight is 237 g/mol. The van der Waals surface area contributed by atoms with Crippen LogP contribution in [-0.4, -0.2) is 11.0 Å². The van der Waals surface area contributed by atoms with Crippen molar-refractivity contribution < 1.29 is 0 Å². The Morgan fingerprint density at radius 2 is 2.19 bits per heavy atom. The van der Waals surface area contributed by atoms with E-state index in [9.17, 15) is 0 Å². The Kier molecular flexibility index (Phi) is 2.96. The van der Waals surface area contributed by atoms with Gasteiger partial charge in [-0.25, -0.2) is 0 Å². The number of fused-ring (bicyclic) bond motifs is 1. The lowest BCUT2D eigenvalue weighted by Gasteiger charge is -2.14. The molecule has 0 aliphatic heterocycles. The summed E-state index contributed by atoms with van der Waals surface area (Å²) in [5.41, 5.74) is 4.94. The van der Waals surface area contributed by atoms with Gasteiger partial charge in [0.15, 0.2) is 0 Å². The molecule has 3 unspecified atom stereocenters. The van der Waals surface area contributed by atoms with Crippen molar-refractivity contribution in [1.29, 1.82) is 0 Å². The van der Waals surface area contributed by atoms with Gasteiger partial charge in [-0.3, -0.25) is 16.3 Å². The van der Waals surface area contributed by atoms with Crippen LogP contribution in [-0.2, 0) is 6.42 Å². The van der Waals surface area contributed by atoms with Gasteiger partial charge in [0.05, 0.1) is 5.51 Å². The number of hydrazine groups is 1. The molecule has 3 rings (SSSR count). The Balaban J connectivity index is 1.63. The summed E-state index contributed by atoms with van der Waals surface area (Å²) in [6, 6.07) is 0.466. The minimum atomic E-state index is 0.466.